The Hall–Kier alpha value is -2.16. The van der Waals surface area contributed by atoms with Gasteiger partial charge < -0.3 is 0 Å². The lowest BCUT2D eigenvalue weighted by atomic mass is 9.85. The topological polar surface area (TPSA) is 37.4 Å². The molecule has 5 rings (SSSR count). The molecule has 2 bridgehead atoms. The van der Waals surface area contributed by atoms with Crippen molar-refractivity contribution in [1.29, 1.82) is 0 Å². The largest absolute Gasteiger partial charge is 0.274 e. The fraction of sp³-hybridized carbons (Fsp3) is 0.429. The van der Waals surface area contributed by atoms with Crippen molar-refractivity contribution in [1.82, 2.24) is 0 Å². The van der Waals surface area contributed by atoms with Crippen LogP contribution in [0.4, 0.5) is 5.69 Å². The molecule has 24 heavy (non-hydrogen) atoms. The molecule has 4 aliphatic rings. The maximum Gasteiger partial charge on any atom is 0.238 e. The van der Waals surface area contributed by atoms with Gasteiger partial charge in [0.2, 0.25) is 11.8 Å². The van der Waals surface area contributed by atoms with Crippen molar-refractivity contribution >= 4 is 17.5 Å². The molecule has 3 heteroatoms. The predicted octanol–water partition coefficient (Wildman–Crippen LogP) is 3.87. The number of carbonyl (C=O) groups excluding carboxylic acids is 2. The molecule has 2 amide bonds. The highest BCUT2D eigenvalue weighted by atomic mass is 16.2. The molecule has 3 aliphatic carbocycles. The normalized spacial score (nSPS) is 34.4. The van der Waals surface area contributed by atoms with Crippen molar-refractivity contribution in [2.75, 3.05) is 4.90 Å². The molecule has 3 nitrogen and oxygen atoms in total. The van der Waals surface area contributed by atoms with Gasteiger partial charge in [-0.3, -0.25) is 9.59 Å². The van der Waals surface area contributed by atoms with E-state index in [4.69, 9.17) is 0 Å². The number of hydrogen-bond donors (Lipinski definition) is 0. The fourth-order valence-corrected chi connectivity index (χ4v) is 5.33. The summed E-state index contributed by atoms with van der Waals surface area (Å²) < 4.78 is 0. The van der Waals surface area contributed by atoms with Crippen molar-refractivity contribution in [3.8, 4) is 0 Å². The van der Waals surface area contributed by atoms with Crippen LogP contribution >= 0.6 is 0 Å². The van der Waals surface area contributed by atoms with E-state index >= 15 is 0 Å². The van der Waals surface area contributed by atoms with E-state index in [0.29, 0.717) is 5.69 Å². The summed E-state index contributed by atoms with van der Waals surface area (Å²) >= 11 is 0. The Morgan fingerprint density at radius 1 is 0.792 bits per heavy atom. The second-order valence-corrected chi connectivity index (χ2v) is 7.46. The first-order valence-corrected chi connectivity index (χ1v) is 9.10. The summed E-state index contributed by atoms with van der Waals surface area (Å²) in [5, 5.41) is 0. The minimum absolute atomic E-state index is 0.00181. The van der Waals surface area contributed by atoms with Gasteiger partial charge in [-0.25, -0.2) is 4.90 Å². The number of rotatable bonds is 1. The molecule has 2 saturated carbocycles. The lowest BCUT2D eigenvalue weighted by Crippen LogP contribution is -2.33. The summed E-state index contributed by atoms with van der Waals surface area (Å²) in [5.74, 6) is -0.00490. The smallest absolute Gasteiger partial charge is 0.238 e. The Balaban J connectivity index is 1.54. The fourth-order valence-electron chi connectivity index (χ4n) is 5.33. The summed E-state index contributed by atoms with van der Waals surface area (Å²) in [6, 6.07) is 9.38. The van der Waals surface area contributed by atoms with Gasteiger partial charge in [-0.2, -0.15) is 0 Å². The van der Waals surface area contributed by atoms with Crippen LogP contribution in [-0.4, -0.2) is 11.8 Å². The van der Waals surface area contributed by atoms with Gasteiger partial charge in [0, 0.05) is 11.8 Å². The molecule has 0 unspecified atom stereocenters. The first-order valence-electron chi connectivity index (χ1n) is 9.10. The van der Waals surface area contributed by atoms with E-state index in [9.17, 15) is 9.59 Å². The van der Waals surface area contributed by atoms with Crippen LogP contribution in [-0.2, 0) is 9.59 Å². The van der Waals surface area contributed by atoms with Gasteiger partial charge in [0.25, 0.3) is 0 Å². The van der Waals surface area contributed by atoms with E-state index in [1.165, 1.54) is 29.7 Å². The number of fused-ring (bicyclic) bond motifs is 5. The highest BCUT2D eigenvalue weighted by Crippen LogP contribution is 2.58. The summed E-state index contributed by atoms with van der Waals surface area (Å²) in [6.07, 6.45) is 10.5. The quantitative estimate of drug-likeness (QED) is 0.582. The molecule has 0 aromatic heterocycles. The van der Waals surface area contributed by atoms with Crippen LogP contribution in [0.15, 0.2) is 53.6 Å². The number of imide groups is 1. The minimum Gasteiger partial charge on any atom is -0.274 e. The number of benzene rings is 1. The zero-order valence-electron chi connectivity index (χ0n) is 13.7. The molecule has 1 aliphatic heterocycles. The van der Waals surface area contributed by atoms with Crippen molar-refractivity contribution in [2.24, 2.45) is 23.7 Å². The van der Waals surface area contributed by atoms with Crippen LogP contribution in [0.25, 0.3) is 0 Å². The number of hydrogen-bond acceptors (Lipinski definition) is 2. The molecule has 0 radical (unpaired) electrons. The van der Waals surface area contributed by atoms with Crippen LogP contribution in [0.1, 0.15) is 32.1 Å². The lowest BCUT2D eigenvalue weighted by Gasteiger charge is -2.23. The van der Waals surface area contributed by atoms with E-state index in [-0.39, 0.29) is 35.5 Å². The van der Waals surface area contributed by atoms with Crippen molar-refractivity contribution in [3.63, 3.8) is 0 Å². The van der Waals surface area contributed by atoms with E-state index in [0.717, 1.165) is 12.8 Å². The molecular formula is C21H21NO2. The first-order chi connectivity index (χ1) is 11.8. The van der Waals surface area contributed by atoms with E-state index in [1.807, 2.05) is 30.3 Å². The van der Waals surface area contributed by atoms with Crippen LogP contribution in [0.2, 0.25) is 0 Å². The summed E-state index contributed by atoms with van der Waals surface area (Å²) in [4.78, 5) is 27.6. The number of allylic oxidation sites excluding steroid dienone is 4. The van der Waals surface area contributed by atoms with Gasteiger partial charge in [0.1, 0.15) is 0 Å². The van der Waals surface area contributed by atoms with Crippen LogP contribution in [0, 0.1) is 23.7 Å². The molecule has 1 heterocycles. The van der Waals surface area contributed by atoms with E-state index in [1.54, 1.807) is 5.57 Å². The Bertz CT molecular complexity index is 734. The molecule has 0 N–H and O–H groups in total. The average Bonchev–Trinajstić information content (AvgIpc) is 3.26. The van der Waals surface area contributed by atoms with Gasteiger partial charge in [-0.15, -0.1) is 0 Å². The maximum absolute atomic E-state index is 13.1. The van der Waals surface area contributed by atoms with Crippen LogP contribution in [0.3, 0.4) is 0 Å². The molecule has 1 aromatic carbocycles. The predicted molar refractivity (Wildman–Crippen MR) is 92.1 cm³/mol. The summed E-state index contributed by atoms with van der Waals surface area (Å²) in [6.45, 7) is 0. The molecule has 122 valence electrons. The highest BCUT2D eigenvalue weighted by molar-refractivity contribution is 6.23. The Kier molecular flexibility index (Phi) is 3.06. The lowest BCUT2D eigenvalue weighted by molar-refractivity contribution is -0.122. The second kappa shape index (κ2) is 5.17. The Labute approximate surface area is 142 Å². The summed E-state index contributed by atoms with van der Waals surface area (Å²) in [5.41, 5.74) is 3.69. The van der Waals surface area contributed by atoms with Gasteiger partial charge in [0.05, 0.1) is 17.5 Å². The molecule has 3 fully saturated rings. The third-order valence-corrected chi connectivity index (χ3v) is 6.30. The molecule has 1 aromatic rings. The molecule has 4 atom stereocenters. The highest BCUT2D eigenvalue weighted by Gasteiger charge is 2.62. The third-order valence-electron chi connectivity index (χ3n) is 6.30. The third kappa shape index (κ3) is 1.78. The molecule has 1 saturated heterocycles. The maximum atomic E-state index is 13.1. The van der Waals surface area contributed by atoms with Gasteiger partial charge in [0.15, 0.2) is 0 Å². The average molecular weight is 319 g/mol. The van der Waals surface area contributed by atoms with E-state index in [2.05, 4.69) is 12.2 Å². The SMILES string of the molecule is O=C1[C@@H]2[C@@H](C(=O)N1c1ccccc1)[C@H]1C=C[C@@H]2C1=C1CCCCC1. The second-order valence-electron chi connectivity index (χ2n) is 7.46. The van der Waals surface area contributed by atoms with Crippen molar-refractivity contribution in [3.05, 3.63) is 53.6 Å². The van der Waals surface area contributed by atoms with Gasteiger partial charge in [-0.1, -0.05) is 47.9 Å². The van der Waals surface area contributed by atoms with Crippen LogP contribution < -0.4 is 4.90 Å². The minimum atomic E-state index is -0.169. The number of nitrogens with zero attached hydrogens (tertiary/aromatic N) is 1. The number of amides is 2. The molecule has 0 spiro atoms. The Morgan fingerprint density at radius 2 is 1.38 bits per heavy atom. The standard InChI is InChI=1S/C21H21NO2/c23-20-18-15-11-12-16(17(15)13-7-3-1-4-8-13)19(18)21(24)22(20)14-9-5-2-6-10-14/h2,5-6,9-12,15-16,18-19H,1,3-4,7-8H2/t15-,16+,18-,19-/m0/s1. The van der Waals surface area contributed by atoms with Crippen molar-refractivity contribution < 1.29 is 9.59 Å². The first kappa shape index (κ1) is 14.2. The van der Waals surface area contributed by atoms with E-state index < -0.39 is 0 Å². The van der Waals surface area contributed by atoms with Crippen LogP contribution in [0.5, 0.6) is 0 Å². The number of carbonyl (C=O) groups is 2. The Morgan fingerprint density at radius 3 is 1.96 bits per heavy atom. The number of para-hydroxylation sites is 1. The van der Waals surface area contributed by atoms with Crippen molar-refractivity contribution in [2.45, 2.75) is 32.1 Å². The monoisotopic (exact) mass is 319 g/mol. The summed E-state index contributed by atoms with van der Waals surface area (Å²) in [7, 11) is 0. The molecular weight excluding hydrogens is 298 g/mol. The van der Waals surface area contributed by atoms with Gasteiger partial charge in [-0.05, 0) is 37.8 Å². The zero-order valence-corrected chi connectivity index (χ0v) is 13.7. The van der Waals surface area contributed by atoms with Gasteiger partial charge >= 0.3 is 0 Å². The number of anilines is 1. The zero-order chi connectivity index (χ0) is 16.3.